The topological polar surface area (TPSA) is 72.2 Å². The molecule has 0 bridgehead atoms. The third-order valence-electron chi connectivity index (χ3n) is 3.08. The highest BCUT2D eigenvalue weighted by atomic mass is 32.2. The first-order valence-electron chi connectivity index (χ1n) is 6.44. The minimum absolute atomic E-state index is 0.0851. The van der Waals surface area contributed by atoms with Gasteiger partial charge in [-0.2, -0.15) is 0 Å². The number of benzene rings is 1. The van der Waals surface area contributed by atoms with Gasteiger partial charge in [-0.25, -0.2) is 0 Å². The fourth-order valence-corrected chi connectivity index (χ4v) is 2.22. The number of rotatable bonds is 7. The van der Waals surface area contributed by atoms with Gasteiger partial charge in [0.1, 0.15) is 0 Å². The van der Waals surface area contributed by atoms with Crippen LogP contribution in [0.1, 0.15) is 29.3 Å². The van der Waals surface area contributed by atoms with E-state index in [-0.39, 0.29) is 11.2 Å². The summed E-state index contributed by atoms with van der Waals surface area (Å²) in [6, 6.07) is 7.48. The molecule has 0 spiro atoms. The zero-order valence-electron chi connectivity index (χ0n) is 11.5. The molecule has 2 atom stereocenters. The predicted octanol–water partition coefficient (Wildman–Crippen LogP) is 1.07. The molecule has 2 unspecified atom stereocenters. The average molecular weight is 282 g/mol. The highest BCUT2D eigenvalue weighted by molar-refractivity contribution is 7.84. The molecule has 0 fully saturated rings. The van der Waals surface area contributed by atoms with Crippen molar-refractivity contribution in [2.45, 2.75) is 25.0 Å². The molecule has 0 aliphatic heterocycles. The first-order chi connectivity index (χ1) is 9.06. The largest absolute Gasteiger partial charge is 0.352 e. The summed E-state index contributed by atoms with van der Waals surface area (Å²) in [6.45, 7) is 2.98. The third kappa shape index (κ3) is 5.12. The van der Waals surface area contributed by atoms with Crippen molar-refractivity contribution >= 4 is 16.7 Å². The van der Waals surface area contributed by atoms with Gasteiger partial charge in [0.2, 0.25) is 0 Å². The molecule has 1 amide bonds. The molecule has 3 N–H and O–H groups in total. The maximum absolute atomic E-state index is 12.1. The third-order valence-corrected chi connectivity index (χ3v) is 4.45. The van der Waals surface area contributed by atoms with Crippen molar-refractivity contribution < 1.29 is 9.00 Å². The summed E-state index contributed by atoms with van der Waals surface area (Å²) in [4.78, 5) is 12.1. The van der Waals surface area contributed by atoms with Crippen molar-refractivity contribution in [2.24, 2.45) is 5.73 Å². The van der Waals surface area contributed by atoms with Gasteiger partial charge in [-0.15, -0.1) is 0 Å². The van der Waals surface area contributed by atoms with Crippen molar-refractivity contribution in [2.75, 3.05) is 19.3 Å². The molecule has 0 radical (unpaired) electrons. The number of amides is 1. The van der Waals surface area contributed by atoms with Crippen LogP contribution in [0, 0.1) is 0 Å². The van der Waals surface area contributed by atoms with E-state index >= 15 is 0 Å². The van der Waals surface area contributed by atoms with Crippen LogP contribution in [0.15, 0.2) is 24.3 Å². The van der Waals surface area contributed by atoms with Crippen LogP contribution < -0.4 is 11.1 Å². The summed E-state index contributed by atoms with van der Waals surface area (Å²) in [5.74, 6) is -0.0851. The molecule has 0 saturated heterocycles. The lowest BCUT2D eigenvalue weighted by Crippen LogP contribution is -2.28. The minimum atomic E-state index is -0.845. The van der Waals surface area contributed by atoms with E-state index in [4.69, 9.17) is 5.73 Å². The maximum atomic E-state index is 12.1. The Kier molecular flexibility index (Phi) is 6.73. The lowest BCUT2D eigenvalue weighted by Gasteiger charge is -2.11. The molecule has 0 aliphatic carbocycles. The molecular formula is C14H22N2O2S. The second kappa shape index (κ2) is 8.07. The van der Waals surface area contributed by atoms with Gasteiger partial charge in [-0.3, -0.25) is 9.00 Å². The van der Waals surface area contributed by atoms with Gasteiger partial charge in [0.25, 0.3) is 5.91 Å². The molecular weight excluding hydrogens is 260 g/mol. The Hall–Kier alpha value is -1.20. The molecule has 1 aromatic rings. The van der Waals surface area contributed by atoms with Gasteiger partial charge in [0, 0.05) is 34.4 Å². The van der Waals surface area contributed by atoms with Crippen LogP contribution in [0.4, 0.5) is 0 Å². The zero-order chi connectivity index (χ0) is 14.3. The summed E-state index contributed by atoms with van der Waals surface area (Å²) in [7, 11) is -0.845. The molecule has 0 aromatic heterocycles. The summed E-state index contributed by atoms with van der Waals surface area (Å²) in [5, 5.41) is 2.97. The van der Waals surface area contributed by atoms with Crippen LogP contribution in [-0.2, 0) is 17.2 Å². The first-order valence-corrected chi connectivity index (χ1v) is 8.06. The quantitative estimate of drug-likeness (QED) is 0.786. The second-order valence-corrected chi connectivity index (χ2v) is 6.35. The van der Waals surface area contributed by atoms with Crippen LogP contribution >= 0.6 is 0 Å². The number of nitrogens with one attached hydrogen (secondary N) is 1. The molecule has 0 saturated carbocycles. The Bertz CT molecular complexity index is 449. The number of carbonyl (C=O) groups excluding carboxylic acids is 1. The Morgan fingerprint density at radius 3 is 2.74 bits per heavy atom. The van der Waals surface area contributed by atoms with Crippen LogP contribution in [0.5, 0.6) is 0 Å². The van der Waals surface area contributed by atoms with Gasteiger partial charge < -0.3 is 11.1 Å². The molecule has 0 aliphatic rings. The van der Waals surface area contributed by atoms with Crippen LogP contribution in [0.25, 0.3) is 0 Å². The van der Waals surface area contributed by atoms with E-state index in [2.05, 4.69) is 5.32 Å². The molecule has 1 aromatic carbocycles. The number of hydrogen-bond acceptors (Lipinski definition) is 3. The van der Waals surface area contributed by atoms with E-state index in [9.17, 15) is 9.00 Å². The van der Waals surface area contributed by atoms with Crippen LogP contribution in [-0.4, -0.2) is 34.7 Å². The van der Waals surface area contributed by atoms with E-state index in [1.54, 1.807) is 6.26 Å². The Morgan fingerprint density at radius 1 is 1.42 bits per heavy atom. The molecule has 0 heterocycles. The second-order valence-electron chi connectivity index (χ2n) is 4.55. The van der Waals surface area contributed by atoms with Gasteiger partial charge in [-0.05, 0) is 31.0 Å². The minimum Gasteiger partial charge on any atom is -0.352 e. The van der Waals surface area contributed by atoms with E-state index in [1.165, 1.54) is 0 Å². The summed E-state index contributed by atoms with van der Waals surface area (Å²) in [5.41, 5.74) is 7.18. The Labute approximate surface area is 117 Å². The number of hydrogen-bond donors (Lipinski definition) is 2. The van der Waals surface area contributed by atoms with Crippen molar-refractivity contribution in [3.63, 3.8) is 0 Å². The summed E-state index contributed by atoms with van der Waals surface area (Å²) in [6.07, 6.45) is 3.09. The molecule has 5 heteroatoms. The molecule has 4 nitrogen and oxygen atoms in total. The van der Waals surface area contributed by atoms with E-state index in [0.29, 0.717) is 31.5 Å². The number of nitrogens with two attached hydrogens (primary N) is 1. The highest BCUT2D eigenvalue weighted by Crippen LogP contribution is 2.09. The fourth-order valence-electron chi connectivity index (χ4n) is 1.77. The normalized spacial score (nSPS) is 13.8. The van der Waals surface area contributed by atoms with Crippen molar-refractivity contribution in [3.05, 3.63) is 35.4 Å². The van der Waals surface area contributed by atoms with Gasteiger partial charge in [-0.1, -0.05) is 25.1 Å². The van der Waals surface area contributed by atoms with E-state index in [0.717, 1.165) is 5.56 Å². The van der Waals surface area contributed by atoms with Crippen molar-refractivity contribution in [1.29, 1.82) is 0 Å². The maximum Gasteiger partial charge on any atom is 0.251 e. The standard InChI is InChI=1S/C14H22N2O2S/c1-11(19(2)18)8-10-16-14(17)13-6-4-3-5-12(13)7-9-15/h3-6,11H,7-10,15H2,1-2H3,(H,16,17). The van der Waals surface area contributed by atoms with Crippen molar-refractivity contribution in [1.82, 2.24) is 5.32 Å². The predicted molar refractivity (Wildman–Crippen MR) is 79.7 cm³/mol. The monoisotopic (exact) mass is 282 g/mol. The first kappa shape index (κ1) is 15.9. The van der Waals surface area contributed by atoms with Gasteiger partial charge >= 0.3 is 0 Å². The smallest absolute Gasteiger partial charge is 0.251 e. The van der Waals surface area contributed by atoms with Gasteiger partial charge in [0.15, 0.2) is 0 Å². The van der Waals surface area contributed by atoms with Crippen molar-refractivity contribution in [3.8, 4) is 0 Å². The Balaban J connectivity index is 2.56. The molecule has 106 valence electrons. The van der Waals surface area contributed by atoms with Crippen LogP contribution in [0.2, 0.25) is 0 Å². The lowest BCUT2D eigenvalue weighted by molar-refractivity contribution is 0.0952. The molecule has 19 heavy (non-hydrogen) atoms. The SMILES string of the molecule is CC(CCNC(=O)c1ccccc1CCN)S(C)=O. The fraction of sp³-hybridized carbons (Fsp3) is 0.500. The highest BCUT2D eigenvalue weighted by Gasteiger charge is 2.11. The lowest BCUT2D eigenvalue weighted by atomic mass is 10.0. The summed E-state index contributed by atoms with van der Waals surface area (Å²) < 4.78 is 11.2. The number of carbonyl (C=O) groups is 1. The zero-order valence-corrected chi connectivity index (χ0v) is 12.3. The molecule has 1 rings (SSSR count). The van der Waals surface area contributed by atoms with E-state index < -0.39 is 10.8 Å². The summed E-state index contributed by atoms with van der Waals surface area (Å²) >= 11 is 0. The van der Waals surface area contributed by atoms with Gasteiger partial charge in [0.05, 0.1) is 0 Å². The van der Waals surface area contributed by atoms with Crippen LogP contribution in [0.3, 0.4) is 0 Å². The Morgan fingerprint density at radius 2 is 2.11 bits per heavy atom. The van der Waals surface area contributed by atoms with E-state index in [1.807, 2.05) is 31.2 Å². The average Bonchev–Trinajstić information content (AvgIpc) is 2.39.